The van der Waals surface area contributed by atoms with Crippen LogP contribution in [0.25, 0.3) is 10.9 Å². The lowest BCUT2D eigenvalue weighted by atomic mass is 10.1. The molecular formula is C20H25IN6O2. The van der Waals surface area contributed by atoms with Gasteiger partial charge in [-0.3, -0.25) is 15.1 Å². The maximum absolute atomic E-state index is 10.7. The Morgan fingerprint density at radius 2 is 1.79 bits per heavy atom. The predicted molar refractivity (Wildman–Crippen MR) is 128 cm³/mol. The number of nitrogens with zero attached hydrogens (tertiary/aromatic N) is 2. The molecule has 0 unspecified atom stereocenters. The van der Waals surface area contributed by atoms with Crippen LogP contribution in [-0.4, -0.2) is 42.5 Å². The van der Waals surface area contributed by atoms with Crippen molar-refractivity contribution in [2.75, 3.05) is 32.0 Å². The molecule has 0 amide bonds. The summed E-state index contributed by atoms with van der Waals surface area (Å²) in [6.07, 6.45) is 2.95. The fourth-order valence-corrected chi connectivity index (χ4v) is 2.96. The van der Waals surface area contributed by atoms with Gasteiger partial charge in [-0.2, -0.15) is 0 Å². The van der Waals surface area contributed by atoms with Crippen LogP contribution < -0.4 is 16.0 Å². The molecule has 0 atom stereocenters. The zero-order valence-electron chi connectivity index (χ0n) is 16.1. The fraction of sp³-hybridized carbons (Fsp3) is 0.250. The van der Waals surface area contributed by atoms with E-state index in [1.165, 1.54) is 23.1 Å². The van der Waals surface area contributed by atoms with E-state index >= 15 is 0 Å². The van der Waals surface area contributed by atoms with Crippen LogP contribution in [-0.2, 0) is 6.42 Å². The number of fused-ring (bicyclic) bond motifs is 1. The summed E-state index contributed by atoms with van der Waals surface area (Å²) < 4.78 is 0. The Hall–Kier alpha value is -2.82. The number of halogens is 1. The van der Waals surface area contributed by atoms with Crippen molar-refractivity contribution in [1.82, 2.24) is 15.6 Å². The lowest BCUT2D eigenvalue weighted by Gasteiger charge is -2.12. The molecule has 0 saturated heterocycles. The number of guanidine groups is 1. The van der Waals surface area contributed by atoms with Crippen LogP contribution in [0.2, 0.25) is 0 Å². The Bertz CT molecular complexity index is 955. The summed E-state index contributed by atoms with van der Waals surface area (Å²) in [6.45, 7) is 2.11. The van der Waals surface area contributed by atoms with Crippen LogP contribution in [0.4, 0.5) is 11.4 Å². The molecule has 2 aromatic carbocycles. The van der Waals surface area contributed by atoms with Gasteiger partial charge in [-0.15, -0.1) is 24.0 Å². The van der Waals surface area contributed by atoms with Gasteiger partial charge in [-0.25, -0.2) is 0 Å². The Balaban J connectivity index is 0.00000300. The minimum Gasteiger partial charge on any atom is -0.383 e. The van der Waals surface area contributed by atoms with E-state index in [2.05, 4.69) is 44.3 Å². The number of H-pyrrole nitrogens is 1. The summed E-state index contributed by atoms with van der Waals surface area (Å²) in [5.41, 5.74) is 3.36. The number of aromatic nitrogens is 1. The number of hydrogen-bond acceptors (Lipinski definition) is 4. The number of hydrogen-bond donors (Lipinski definition) is 4. The number of rotatable bonds is 8. The van der Waals surface area contributed by atoms with Crippen molar-refractivity contribution in [1.29, 1.82) is 0 Å². The van der Waals surface area contributed by atoms with E-state index < -0.39 is 4.92 Å². The molecule has 1 aromatic heterocycles. The maximum atomic E-state index is 10.7. The van der Waals surface area contributed by atoms with E-state index in [0.717, 1.165) is 30.1 Å². The van der Waals surface area contributed by atoms with Gasteiger partial charge >= 0.3 is 0 Å². The number of aromatic amines is 1. The topological polar surface area (TPSA) is 107 Å². The molecule has 0 aliphatic carbocycles. The number of aliphatic imine (C=N–C) groups is 1. The first-order chi connectivity index (χ1) is 13.7. The molecule has 4 N–H and O–H groups in total. The molecule has 0 fully saturated rings. The third-order valence-electron chi connectivity index (χ3n) is 4.41. The molecule has 3 aromatic rings. The van der Waals surface area contributed by atoms with Gasteiger partial charge in [0.05, 0.1) is 4.92 Å². The molecule has 0 aliphatic heterocycles. The molecule has 8 nitrogen and oxygen atoms in total. The van der Waals surface area contributed by atoms with Crippen LogP contribution in [0, 0.1) is 10.1 Å². The first kappa shape index (κ1) is 22.5. The van der Waals surface area contributed by atoms with Gasteiger partial charge in [0.25, 0.3) is 5.69 Å². The number of anilines is 1. The van der Waals surface area contributed by atoms with E-state index in [-0.39, 0.29) is 29.7 Å². The number of non-ortho nitro benzene ring substituents is 1. The Morgan fingerprint density at radius 3 is 2.52 bits per heavy atom. The average Bonchev–Trinajstić information content (AvgIpc) is 3.13. The second-order valence-corrected chi connectivity index (χ2v) is 6.27. The monoisotopic (exact) mass is 508 g/mol. The first-order valence-electron chi connectivity index (χ1n) is 9.15. The summed E-state index contributed by atoms with van der Waals surface area (Å²) in [5.74, 6) is 0.741. The van der Waals surface area contributed by atoms with E-state index in [1.54, 1.807) is 19.2 Å². The number of benzene rings is 2. The molecule has 1 heterocycles. The second-order valence-electron chi connectivity index (χ2n) is 6.27. The minimum absolute atomic E-state index is 0. The zero-order valence-corrected chi connectivity index (χ0v) is 18.5. The highest BCUT2D eigenvalue weighted by atomic mass is 127. The molecule has 0 saturated carbocycles. The van der Waals surface area contributed by atoms with Crippen molar-refractivity contribution in [2.24, 2.45) is 4.99 Å². The lowest BCUT2D eigenvalue weighted by Crippen LogP contribution is -2.40. The quantitative estimate of drug-likeness (QED) is 0.0931. The zero-order chi connectivity index (χ0) is 19.8. The molecule has 0 radical (unpaired) electrons. The summed E-state index contributed by atoms with van der Waals surface area (Å²) in [4.78, 5) is 17.8. The van der Waals surface area contributed by atoms with E-state index in [9.17, 15) is 10.1 Å². The molecule has 0 aliphatic rings. The highest BCUT2D eigenvalue weighted by molar-refractivity contribution is 14.0. The highest BCUT2D eigenvalue weighted by Gasteiger charge is 2.05. The fourth-order valence-electron chi connectivity index (χ4n) is 2.96. The Labute approximate surface area is 186 Å². The van der Waals surface area contributed by atoms with Gasteiger partial charge in [0.15, 0.2) is 5.96 Å². The van der Waals surface area contributed by atoms with Crippen LogP contribution >= 0.6 is 24.0 Å². The third kappa shape index (κ3) is 6.34. The normalized spacial score (nSPS) is 11.0. The number of nitro benzene ring substituents is 1. The Kier molecular flexibility index (Phi) is 8.71. The van der Waals surface area contributed by atoms with Crippen LogP contribution in [0.15, 0.2) is 59.7 Å². The van der Waals surface area contributed by atoms with Gasteiger partial charge in [0.1, 0.15) is 0 Å². The lowest BCUT2D eigenvalue weighted by molar-refractivity contribution is -0.384. The number of nitrogens with one attached hydrogen (secondary N) is 4. The van der Waals surface area contributed by atoms with Crippen molar-refractivity contribution in [3.05, 3.63) is 70.4 Å². The van der Waals surface area contributed by atoms with Crippen LogP contribution in [0.3, 0.4) is 0 Å². The van der Waals surface area contributed by atoms with E-state index in [1.807, 2.05) is 12.1 Å². The molecule has 0 bridgehead atoms. The van der Waals surface area contributed by atoms with Gasteiger partial charge in [0.2, 0.25) is 0 Å². The standard InChI is InChI=1S/C20H24N6O2.HI/c1-21-20(23-11-10-15-14-25-19-5-3-2-4-18(15)19)24-13-12-22-16-6-8-17(9-7-16)26(27)28;/h2-9,14,22,25H,10-13H2,1H3,(H2,21,23,24);1H. The molecule has 3 rings (SSSR count). The SMILES string of the molecule is CN=C(NCCNc1ccc([N+](=O)[O-])cc1)NCCc1c[nH]c2ccccc12.I. The molecular weight excluding hydrogens is 483 g/mol. The summed E-state index contributed by atoms with van der Waals surface area (Å²) >= 11 is 0. The van der Waals surface area contributed by atoms with Gasteiger partial charge in [-0.1, -0.05) is 18.2 Å². The molecule has 9 heteroatoms. The number of para-hydroxylation sites is 1. The van der Waals surface area contributed by atoms with Gasteiger partial charge in [-0.05, 0) is 30.2 Å². The Morgan fingerprint density at radius 1 is 1.07 bits per heavy atom. The smallest absolute Gasteiger partial charge is 0.269 e. The van der Waals surface area contributed by atoms with Crippen molar-refractivity contribution < 1.29 is 4.92 Å². The highest BCUT2D eigenvalue weighted by Crippen LogP contribution is 2.17. The third-order valence-corrected chi connectivity index (χ3v) is 4.41. The van der Waals surface area contributed by atoms with Gasteiger partial charge in [0, 0.05) is 61.6 Å². The minimum atomic E-state index is -0.405. The second kappa shape index (κ2) is 11.2. The summed E-state index contributed by atoms with van der Waals surface area (Å²) in [7, 11) is 1.74. The molecule has 29 heavy (non-hydrogen) atoms. The van der Waals surface area contributed by atoms with Crippen molar-refractivity contribution in [3.63, 3.8) is 0 Å². The molecule has 154 valence electrons. The number of nitro groups is 1. The van der Waals surface area contributed by atoms with E-state index in [0.29, 0.717) is 13.1 Å². The first-order valence-corrected chi connectivity index (χ1v) is 9.15. The van der Waals surface area contributed by atoms with Crippen LogP contribution in [0.5, 0.6) is 0 Å². The van der Waals surface area contributed by atoms with E-state index in [4.69, 9.17) is 0 Å². The predicted octanol–water partition coefficient (Wildman–Crippen LogP) is 3.51. The largest absolute Gasteiger partial charge is 0.383 e. The van der Waals surface area contributed by atoms with Crippen molar-refractivity contribution in [3.8, 4) is 0 Å². The molecule has 0 spiro atoms. The van der Waals surface area contributed by atoms with Crippen molar-refractivity contribution >= 4 is 52.2 Å². The van der Waals surface area contributed by atoms with Crippen LogP contribution in [0.1, 0.15) is 5.56 Å². The summed E-state index contributed by atoms with van der Waals surface area (Å²) in [5, 5.41) is 21.7. The van der Waals surface area contributed by atoms with Gasteiger partial charge < -0.3 is 20.9 Å². The maximum Gasteiger partial charge on any atom is 0.269 e. The van der Waals surface area contributed by atoms with Crippen molar-refractivity contribution in [2.45, 2.75) is 6.42 Å². The average molecular weight is 508 g/mol. The summed E-state index contributed by atoms with van der Waals surface area (Å²) in [6, 6.07) is 14.6.